The van der Waals surface area contributed by atoms with Crippen LogP contribution < -0.4 is 5.32 Å². The second-order valence-electron chi connectivity index (χ2n) is 3.81. The van der Waals surface area contributed by atoms with Crippen LogP contribution in [0.1, 0.15) is 19.3 Å². The molecule has 0 spiro atoms. The minimum absolute atomic E-state index is 0.208. The first kappa shape index (κ1) is 7.98. The van der Waals surface area contributed by atoms with Gasteiger partial charge in [0.1, 0.15) is 11.1 Å². The molecule has 0 bridgehead atoms. The number of alkyl halides is 1. The van der Waals surface area contributed by atoms with E-state index in [4.69, 9.17) is 5.11 Å². The number of hydrogen-bond donors (Lipinski definition) is 2. The number of nitrogens with one attached hydrogen (secondary N) is 1. The summed E-state index contributed by atoms with van der Waals surface area (Å²) in [5, 5.41) is 11.8. The highest BCUT2D eigenvalue weighted by atomic mass is 19.1. The van der Waals surface area contributed by atoms with Crippen LogP contribution in [0.5, 0.6) is 0 Å². The molecule has 2 fully saturated rings. The molecule has 1 aliphatic heterocycles. The van der Waals surface area contributed by atoms with E-state index in [0.29, 0.717) is 25.8 Å². The molecule has 0 aromatic rings. The van der Waals surface area contributed by atoms with E-state index >= 15 is 0 Å². The van der Waals surface area contributed by atoms with E-state index in [0.717, 1.165) is 0 Å². The summed E-state index contributed by atoms with van der Waals surface area (Å²) in [6, 6.07) is 0. The SMILES string of the molecule is O=C(O)[C@@]12CCC[C@]1(F)CNC2. The van der Waals surface area contributed by atoms with Crippen molar-refractivity contribution in [3.8, 4) is 0 Å². The third kappa shape index (κ3) is 0.710. The van der Waals surface area contributed by atoms with E-state index < -0.39 is 17.1 Å². The van der Waals surface area contributed by atoms with Crippen LogP contribution in [-0.4, -0.2) is 29.8 Å². The van der Waals surface area contributed by atoms with E-state index in [9.17, 15) is 9.18 Å². The molecule has 3 nitrogen and oxygen atoms in total. The summed E-state index contributed by atoms with van der Waals surface area (Å²) in [5.41, 5.74) is -2.61. The molecule has 12 heavy (non-hydrogen) atoms. The zero-order chi connectivity index (χ0) is 8.82. The second-order valence-corrected chi connectivity index (χ2v) is 3.81. The molecule has 4 heteroatoms. The van der Waals surface area contributed by atoms with E-state index in [-0.39, 0.29) is 6.54 Å². The largest absolute Gasteiger partial charge is 0.481 e. The lowest BCUT2D eigenvalue weighted by molar-refractivity contribution is -0.153. The Balaban J connectivity index is 2.38. The monoisotopic (exact) mass is 173 g/mol. The van der Waals surface area contributed by atoms with Gasteiger partial charge in [-0.3, -0.25) is 4.79 Å². The molecular weight excluding hydrogens is 161 g/mol. The van der Waals surface area contributed by atoms with Crippen LogP contribution in [0.2, 0.25) is 0 Å². The average Bonchev–Trinajstić information content (AvgIpc) is 2.41. The Morgan fingerprint density at radius 1 is 1.42 bits per heavy atom. The van der Waals surface area contributed by atoms with Crippen LogP contribution >= 0.6 is 0 Å². The van der Waals surface area contributed by atoms with E-state index in [1.54, 1.807) is 0 Å². The number of carbonyl (C=O) groups is 1. The van der Waals surface area contributed by atoms with Crippen molar-refractivity contribution < 1.29 is 14.3 Å². The second kappa shape index (κ2) is 2.19. The lowest BCUT2D eigenvalue weighted by Crippen LogP contribution is -2.45. The Morgan fingerprint density at radius 2 is 2.17 bits per heavy atom. The number of carboxylic acids is 1. The minimum atomic E-state index is -1.49. The van der Waals surface area contributed by atoms with Gasteiger partial charge in [-0.25, -0.2) is 4.39 Å². The smallest absolute Gasteiger partial charge is 0.314 e. The molecule has 68 valence electrons. The first-order valence-electron chi connectivity index (χ1n) is 4.24. The number of fused-ring (bicyclic) bond motifs is 1. The molecule has 0 unspecified atom stereocenters. The molecule has 0 aromatic heterocycles. The van der Waals surface area contributed by atoms with Gasteiger partial charge in [0.25, 0.3) is 0 Å². The Morgan fingerprint density at radius 3 is 2.75 bits per heavy atom. The van der Waals surface area contributed by atoms with E-state index in [2.05, 4.69) is 5.32 Å². The lowest BCUT2D eigenvalue weighted by atomic mass is 9.78. The highest BCUT2D eigenvalue weighted by Gasteiger charge is 2.63. The van der Waals surface area contributed by atoms with Crippen molar-refractivity contribution in [3.63, 3.8) is 0 Å². The van der Waals surface area contributed by atoms with Crippen LogP contribution in [0, 0.1) is 5.41 Å². The van der Waals surface area contributed by atoms with Crippen molar-refractivity contribution >= 4 is 5.97 Å². The maximum absolute atomic E-state index is 14.0. The third-order valence-electron chi connectivity index (χ3n) is 3.28. The molecule has 1 aliphatic carbocycles. The molecule has 0 amide bonds. The fourth-order valence-electron chi connectivity index (χ4n) is 2.49. The third-order valence-corrected chi connectivity index (χ3v) is 3.28. The molecule has 1 saturated carbocycles. The first-order valence-corrected chi connectivity index (χ1v) is 4.24. The summed E-state index contributed by atoms with van der Waals surface area (Å²) in [4.78, 5) is 10.9. The Labute approximate surface area is 70.0 Å². The topological polar surface area (TPSA) is 49.3 Å². The predicted molar refractivity (Wildman–Crippen MR) is 40.6 cm³/mol. The van der Waals surface area contributed by atoms with Crippen LogP contribution in [0.3, 0.4) is 0 Å². The molecule has 2 rings (SSSR count). The summed E-state index contributed by atoms with van der Waals surface area (Å²) in [6.45, 7) is 0.498. The normalized spacial score (nSPS) is 46.1. The van der Waals surface area contributed by atoms with Gasteiger partial charge in [0, 0.05) is 13.1 Å². The first-order chi connectivity index (χ1) is 5.61. The summed E-state index contributed by atoms with van der Waals surface area (Å²) in [6.07, 6.45) is 1.57. The average molecular weight is 173 g/mol. The van der Waals surface area contributed by atoms with Gasteiger partial charge in [-0.1, -0.05) is 0 Å². The van der Waals surface area contributed by atoms with Gasteiger partial charge in [-0.05, 0) is 19.3 Å². The minimum Gasteiger partial charge on any atom is -0.481 e. The molecular formula is C8H12FNO2. The highest BCUT2D eigenvalue weighted by molar-refractivity contribution is 5.78. The van der Waals surface area contributed by atoms with Gasteiger partial charge < -0.3 is 10.4 Å². The zero-order valence-electron chi connectivity index (χ0n) is 6.77. The molecule has 0 aromatic carbocycles. The van der Waals surface area contributed by atoms with Crippen molar-refractivity contribution in [1.29, 1.82) is 0 Å². The van der Waals surface area contributed by atoms with Gasteiger partial charge >= 0.3 is 5.97 Å². The van der Waals surface area contributed by atoms with Gasteiger partial charge in [0.2, 0.25) is 0 Å². The predicted octanol–water partition coefficient (Wildman–Crippen LogP) is 0.553. The zero-order valence-corrected chi connectivity index (χ0v) is 6.77. The molecule has 0 radical (unpaired) electrons. The van der Waals surface area contributed by atoms with Crippen LogP contribution in [-0.2, 0) is 4.79 Å². The van der Waals surface area contributed by atoms with Crippen molar-refractivity contribution in [2.24, 2.45) is 5.41 Å². The molecule has 2 N–H and O–H groups in total. The van der Waals surface area contributed by atoms with Crippen molar-refractivity contribution in [1.82, 2.24) is 5.32 Å². The number of halogens is 1. The maximum atomic E-state index is 14.0. The molecule has 2 aliphatic rings. The van der Waals surface area contributed by atoms with E-state index in [1.165, 1.54) is 0 Å². The fraction of sp³-hybridized carbons (Fsp3) is 0.875. The quantitative estimate of drug-likeness (QED) is 0.609. The Hall–Kier alpha value is -0.640. The Kier molecular flexibility index (Phi) is 1.46. The standard InChI is InChI=1S/C8H12FNO2/c9-8-3-1-2-7(8,6(11)12)4-10-5-8/h10H,1-5H2,(H,11,12)/t7-,8-/m0/s1. The maximum Gasteiger partial charge on any atom is 0.314 e. The summed E-state index contributed by atoms with van der Waals surface area (Å²) >= 11 is 0. The summed E-state index contributed by atoms with van der Waals surface area (Å²) in [7, 11) is 0. The van der Waals surface area contributed by atoms with Gasteiger partial charge in [-0.15, -0.1) is 0 Å². The van der Waals surface area contributed by atoms with Crippen molar-refractivity contribution in [2.45, 2.75) is 24.9 Å². The van der Waals surface area contributed by atoms with Gasteiger partial charge in [0.15, 0.2) is 0 Å². The number of carboxylic acid groups (broad SMARTS) is 1. The number of aliphatic carboxylic acids is 1. The molecule has 2 atom stereocenters. The molecule has 1 heterocycles. The van der Waals surface area contributed by atoms with Crippen molar-refractivity contribution in [3.05, 3.63) is 0 Å². The lowest BCUT2D eigenvalue weighted by Gasteiger charge is -2.28. The van der Waals surface area contributed by atoms with Crippen LogP contribution in [0.25, 0.3) is 0 Å². The van der Waals surface area contributed by atoms with Gasteiger partial charge in [0.05, 0.1) is 0 Å². The summed E-state index contributed by atoms with van der Waals surface area (Å²) in [5.74, 6) is -0.979. The van der Waals surface area contributed by atoms with Crippen molar-refractivity contribution in [2.75, 3.05) is 13.1 Å². The Bertz CT molecular complexity index is 219. The highest BCUT2D eigenvalue weighted by Crippen LogP contribution is 2.51. The number of rotatable bonds is 1. The fourth-order valence-corrected chi connectivity index (χ4v) is 2.49. The van der Waals surface area contributed by atoms with E-state index in [1.807, 2.05) is 0 Å². The van der Waals surface area contributed by atoms with Crippen LogP contribution in [0.4, 0.5) is 4.39 Å². The van der Waals surface area contributed by atoms with Gasteiger partial charge in [-0.2, -0.15) is 0 Å². The number of hydrogen-bond acceptors (Lipinski definition) is 2. The molecule has 1 saturated heterocycles. The van der Waals surface area contributed by atoms with Crippen LogP contribution in [0.15, 0.2) is 0 Å². The summed E-state index contributed by atoms with van der Waals surface area (Å²) < 4.78 is 14.0.